The highest BCUT2D eigenvalue weighted by Crippen LogP contribution is 2.37. The molecule has 0 saturated carbocycles. The van der Waals surface area contributed by atoms with Crippen molar-refractivity contribution >= 4 is 18.5 Å². The Hall–Kier alpha value is -1.60. The maximum atomic E-state index is 11.4. The minimum absolute atomic E-state index is 0.0692. The molecule has 20 heavy (non-hydrogen) atoms. The van der Waals surface area contributed by atoms with Crippen LogP contribution in [-0.4, -0.2) is 36.3 Å². The van der Waals surface area contributed by atoms with Crippen LogP contribution >= 0.6 is 0 Å². The molecular formula is C13H19BN2O4. The van der Waals surface area contributed by atoms with Crippen LogP contribution in [0.1, 0.15) is 38.2 Å². The Morgan fingerprint density at radius 3 is 2.30 bits per heavy atom. The molecule has 1 aromatic rings. The summed E-state index contributed by atoms with van der Waals surface area (Å²) in [5, 5.41) is 0. The second-order valence-corrected chi connectivity index (χ2v) is 5.73. The Labute approximate surface area is 118 Å². The molecule has 0 unspecified atom stereocenters. The van der Waals surface area contributed by atoms with E-state index in [1.165, 1.54) is 13.3 Å². The maximum Gasteiger partial charge on any atom is 0.498 e. The number of hydrogen-bond acceptors (Lipinski definition) is 5. The fourth-order valence-corrected chi connectivity index (χ4v) is 2.01. The third kappa shape index (κ3) is 2.27. The molecular weight excluding hydrogens is 259 g/mol. The van der Waals surface area contributed by atoms with Crippen LogP contribution < -0.4 is 15.9 Å². The first-order chi connectivity index (χ1) is 9.19. The van der Waals surface area contributed by atoms with Crippen LogP contribution in [0.25, 0.3) is 0 Å². The van der Waals surface area contributed by atoms with E-state index >= 15 is 0 Å². The van der Waals surface area contributed by atoms with Crippen LogP contribution in [-0.2, 0) is 9.31 Å². The average molecular weight is 278 g/mol. The van der Waals surface area contributed by atoms with Crippen LogP contribution in [0, 0.1) is 0 Å². The van der Waals surface area contributed by atoms with Crippen molar-refractivity contribution in [2.75, 3.05) is 7.11 Å². The van der Waals surface area contributed by atoms with Gasteiger partial charge in [0.05, 0.1) is 18.3 Å². The van der Waals surface area contributed by atoms with E-state index in [2.05, 4.69) is 4.98 Å². The zero-order valence-electron chi connectivity index (χ0n) is 12.4. The molecule has 7 heteroatoms. The van der Waals surface area contributed by atoms with Crippen LogP contribution in [0.3, 0.4) is 0 Å². The van der Waals surface area contributed by atoms with Gasteiger partial charge in [0.15, 0.2) is 5.69 Å². The van der Waals surface area contributed by atoms with Gasteiger partial charge in [-0.1, -0.05) is 0 Å². The minimum Gasteiger partial charge on any atom is -0.495 e. The Bertz CT molecular complexity index is 529. The van der Waals surface area contributed by atoms with Gasteiger partial charge in [-0.05, 0) is 33.8 Å². The van der Waals surface area contributed by atoms with E-state index in [1.54, 1.807) is 6.07 Å². The molecule has 1 aliphatic rings. The predicted molar refractivity (Wildman–Crippen MR) is 75.0 cm³/mol. The summed E-state index contributed by atoms with van der Waals surface area (Å²) in [5.74, 6) is -0.362. The van der Waals surface area contributed by atoms with Crippen molar-refractivity contribution in [2.45, 2.75) is 38.9 Å². The molecule has 1 aromatic heterocycles. The van der Waals surface area contributed by atoms with Crippen molar-refractivity contribution in [3.8, 4) is 5.75 Å². The van der Waals surface area contributed by atoms with Gasteiger partial charge < -0.3 is 19.8 Å². The number of aromatic nitrogens is 1. The van der Waals surface area contributed by atoms with Gasteiger partial charge in [0.25, 0.3) is 5.91 Å². The molecule has 1 fully saturated rings. The van der Waals surface area contributed by atoms with E-state index in [1.807, 2.05) is 27.7 Å². The highest BCUT2D eigenvalue weighted by Gasteiger charge is 2.52. The molecule has 0 bridgehead atoms. The zero-order valence-corrected chi connectivity index (χ0v) is 12.4. The number of carbonyl (C=O) groups excluding carboxylic acids is 1. The molecule has 0 atom stereocenters. The Morgan fingerprint density at radius 1 is 1.30 bits per heavy atom. The largest absolute Gasteiger partial charge is 0.498 e. The fourth-order valence-electron chi connectivity index (χ4n) is 2.01. The summed E-state index contributed by atoms with van der Waals surface area (Å²) >= 11 is 0. The third-order valence-corrected chi connectivity index (χ3v) is 3.88. The number of rotatable bonds is 3. The van der Waals surface area contributed by atoms with Crippen molar-refractivity contribution in [2.24, 2.45) is 5.73 Å². The summed E-state index contributed by atoms with van der Waals surface area (Å²) in [6.07, 6.45) is 1.49. The van der Waals surface area contributed by atoms with Crippen molar-refractivity contribution < 1.29 is 18.8 Å². The minimum atomic E-state index is -0.653. The second kappa shape index (κ2) is 4.75. The number of amides is 1. The molecule has 2 rings (SSSR count). The summed E-state index contributed by atoms with van der Waals surface area (Å²) in [4.78, 5) is 15.3. The van der Waals surface area contributed by atoms with E-state index in [-0.39, 0.29) is 5.69 Å². The van der Waals surface area contributed by atoms with Gasteiger partial charge in [-0.15, -0.1) is 0 Å². The van der Waals surface area contributed by atoms with Crippen molar-refractivity contribution in [1.29, 1.82) is 0 Å². The summed E-state index contributed by atoms with van der Waals surface area (Å²) in [7, 11) is 0.828. The van der Waals surface area contributed by atoms with Gasteiger partial charge >= 0.3 is 7.12 Å². The van der Waals surface area contributed by atoms with Gasteiger partial charge in [-0.3, -0.25) is 4.79 Å². The topological polar surface area (TPSA) is 83.7 Å². The first kappa shape index (κ1) is 14.8. The molecule has 2 N–H and O–H groups in total. The van der Waals surface area contributed by atoms with Crippen molar-refractivity contribution in [3.05, 3.63) is 18.0 Å². The van der Waals surface area contributed by atoms with Crippen LogP contribution in [0.4, 0.5) is 0 Å². The first-order valence-electron chi connectivity index (χ1n) is 6.38. The predicted octanol–water partition coefficient (Wildman–Crippen LogP) is 0.488. The molecule has 6 nitrogen and oxygen atoms in total. The molecule has 0 aromatic carbocycles. The lowest BCUT2D eigenvalue weighted by atomic mass is 9.78. The zero-order chi connectivity index (χ0) is 15.1. The standard InChI is InChI=1S/C13H19BN2O4/c1-12(2)13(3,4)20-14(19-12)8-6-7-16-9(11(15)17)10(8)18-5/h6-7H,1-5H3,(H2,15,17). The lowest BCUT2D eigenvalue weighted by Crippen LogP contribution is -2.41. The number of carbonyl (C=O) groups is 1. The SMILES string of the molecule is COc1c(B2OC(C)(C)C(C)(C)O2)ccnc1C(N)=O. The van der Waals surface area contributed by atoms with E-state index in [9.17, 15) is 4.79 Å². The summed E-state index contributed by atoms with van der Waals surface area (Å²) in [6, 6.07) is 1.70. The van der Waals surface area contributed by atoms with E-state index in [4.69, 9.17) is 19.8 Å². The maximum absolute atomic E-state index is 11.4. The molecule has 0 aliphatic carbocycles. The van der Waals surface area contributed by atoms with Crippen LogP contribution in [0.15, 0.2) is 12.3 Å². The summed E-state index contributed by atoms with van der Waals surface area (Å²) in [5.41, 5.74) is 5.03. The number of nitrogens with two attached hydrogens (primary N) is 1. The smallest absolute Gasteiger partial charge is 0.495 e. The fraction of sp³-hybridized carbons (Fsp3) is 0.538. The van der Waals surface area contributed by atoms with E-state index < -0.39 is 24.2 Å². The number of nitrogens with zero attached hydrogens (tertiary/aromatic N) is 1. The van der Waals surface area contributed by atoms with Gasteiger partial charge in [-0.2, -0.15) is 0 Å². The normalized spacial score (nSPS) is 19.9. The molecule has 108 valence electrons. The van der Waals surface area contributed by atoms with E-state index in [0.29, 0.717) is 11.2 Å². The number of primary amides is 1. The van der Waals surface area contributed by atoms with Crippen LogP contribution in [0.5, 0.6) is 5.75 Å². The number of methoxy groups -OCH3 is 1. The highest BCUT2D eigenvalue weighted by atomic mass is 16.7. The highest BCUT2D eigenvalue weighted by molar-refractivity contribution is 6.63. The quantitative estimate of drug-likeness (QED) is 0.813. The number of hydrogen-bond donors (Lipinski definition) is 1. The van der Waals surface area contributed by atoms with Crippen molar-refractivity contribution in [1.82, 2.24) is 4.98 Å². The Balaban J connectivity index is 2.45. The monoisotopic (exact) mass is 278 g/mol. The molecule has 0 radical (unpaired) electrons. The molecule has 1 amide bonds. The molecule has 1 saturated heterocycles. The summed E-state index contributed by atoms with van der Waals surface area (Å²) < 4.78 is 17.2. The second-order valence-electron chi connectivity index (χ2n) is 5.73. The lowest BCUT2D eigenvalue weighted by Gasteiger charge is -2.32. The van der Waals surface area contributed by atoms with Crippen molar-refractivity contribution in [3.63, 3.8) is 0 Å². The average Bonchev–Trinajstić information content (AvgIpc) is 2.57. The number of pyridine rings is 1. The van der Waals surface area contributed by atoms with E-state index in [0.717, 1.165) is 0 Å². The van der Waals surface area contributed by atoms with Crippen LogP contribution in [0.2, 0.25) is 0 Å². The lowest BCUT2D eigenvalue weighted by molar-refractivity contribution is 0.00578. The first-order valence-corrected chi connectivity index (χ1v) is 6.38. The van der Waals surface area contributed by atoms with Gasteiger partial charge in [0, 0.05) is 11.7 Å². The Kier molecular flexibility index (Phi) is 3.52. The number of ether oxygens (including phenoxy) is 1. The van der Waals surface area contributed by atoms with Gasteiger partial charge in [0.2, 0.25) is 0 Å². The molecule has 0 spiro atoms. The Morgan fingerprint density at radius 2 is 1.85 bits per heavy atom. The van der Waals surface area contributed by atoms with Gasteiger partial charge in [-0.25, -0.2) is 4.98 Å². The van der Waals surface area contributed by atoms with Gasteiger partial charge in [0.1, 0.15) is 5.75 Å². The molecule has 1 aliphatic heterocycles. The summed E-state index contributed by atoms with van der Waals surface area (Å²) in [6.45, 7) is 7.82. The third-order valence-electron chi connectivity index (χ3n) is 3.88. The molecule has 2 heterocycles.